The van der Waals surface area contributed by atoms with Crippen LogP contribution in [-0.4, -0.2) is 24.1 Å². The zero-order valence-corrected chi connectivity index (χ0v) is 9.49. The summed E-state index contributed by atoms with van der Waals surface area (Å²) in [7, 11) is 1.38. The Balaban J connectivity index is 2.27. The van der Waals surface area contributed by atoms with Crippen molar-refractivity contribution in [3.8, 4) is 28.4 Å². The summed E-state index contributed by atoms with van der Waals surface area (Å²) in [5.41, 5.74) is 6.73. The molecule has 3 N–H and O–H groups in total. The molecule has 1 aromatic heterocycles. The second kappa shape index (κ2) is 3.80. The Morgan fingerprint density at radius 2 is 2.28 bits per heavy atom. The second-order valence-corrected chi connectivity index (χ2v) is 3.70. The third-order valence-electron chi connectivity index (χ3n) is 2.72. The van der Waals surface area contributed by atoms with Gasteiger partial charge in [-0.15, -0.1) is 0 Å². The van der Waals surface area contributed by atoms with E-state index in [1.165, 1.54) is 13.3 Å². The molecule has 0 saturated heterocycles. The van der Waals surface area contributed by atoms with Gasteiger partial charge < -0.3 is 19.9 Å². The molecule has 0 spiro atoms. The lowest BCUT2D eigenvalue weighted by atomic mass is 10.1. The number of hydrogen-bond donors (Lipinski definition) is 2. The zero-order valence-electron chi connectivity index (χ0n) is 9.49. The average molecular weight is 251 g/mol. The van der Waals surface area contributed by atoms with E-state index in [-0.39, 0.29) is 18.3 Å². The van der Waals surface area contributed by atoms with Gasteiger partial charge in [0, 0.05) is 11.1 Å². The number of nitrogen functional groups attached to an aromatic ring is 1. The van der Waals surface area contributed by atoms with Crippen LogP contribution in [0.15, 0.2) is 12.3 Å². The highest BCUT2D eigenvalue weighted by Gasteiger charge is 2.27. The van der Waals surface area contributed by atoms with Gasteiger partial charge >= 0.3 is 0 Å². The molecule has 18 heavy (non-hydrogen) atoms. The molecule has 94 valence electrons. The van der Waals surface area contributed by atoms with Crippen molar-refractivity contribution in [3.63, 3.8) is 0 Å². The Bertz CT molecular complexity index is 612. The van der Waals surface area contributed by atoms with Gasteiger partial charge in [-0.2, -0.15) is 9.49 Å². The van der Waals surface area contributed by atoms with E-state index in [0.29, 0.717) is 22.7 Å². The predicted molar refractivity (Wildman–Crippen MR) is 61.1 cm³/mol. The molecule has 0 amide bonds. The summed E-state index contributed by atoms with van der Waals surface area (Å²) in [6.45, 7) is -0.0142. The van der Waals surface area contributed by atoms with Crippen LogP contribution in [0.1, 0.15) is 0 Å². The maximum Gasteiger partial charge on any atom is 0.231 e. The van der Waals surface area contributed by atoms with E-state index in [4.69, 9.17) is 19.9 Å². The van der Waals surface area contributed by atoms with Crippen molar-refractivity contribution in [2.75, 3.05) is 19.6 Å². The minimum Gasteiger partial charge on any atom is -0.493 e. The fourth-order valence-electron chi connectivity index (χ4n) is 1.90. The predicted octanol–water partition coefficient (Wildman–Crippen LogP) is 1.54. The highest BCUT2D eigenvalue weighted by molar-refractivity contribution is 5.80. The zero-order chi connectivity index (χ0) is 12.7. The van der Waals surface area contributed by atoms with Crippen LogP contribution in [0, 0.1) is 5.82 Å². The van der Waals surface area contributed by atoms with Crippen molar-refractivity contribution in [2.45, 2.75) is 0 Å². The van der Waals surface area contributed by atoms with E-state index in [2.05, 4.69) is 10.2 Å². The number of ether oxygens (including phenoxy) is 3. The first-order chi connectivity index (χ1) is 8.72. The molecule has 7 heteroatoms. The molecular formula is C11H10FN3O3. The molecule has 0 fully saturated rings. The molecule has 0 saturated carbocycles. The maximum atomic E-state index is 14.2. The smallest absolute Gasteiger partial charge is 0.231 e. The largest absolute Gasteiger partial charge is 0.493 e. The lowest BCUT2D eigenvalue weighted by Gasteiger charge is -2.10. The third kappa shape index (κ3) is 1.37. The lowest BCUT2D eigenvalue weighted by Crippen LogP contribution is -1.96. The maximum absolute atomic E-state index is 14.2. The van der Waals surface area contributed by atoms with Crippen LogP contribution >= 0.6 is 0 Å². The van der Waals surface area contributed by atoms with Crippen LogP contribution in [0.3, 0.4) is 0 Å². The first-order valence-electron chi connectivity index (χ1n) is 5.17. The fourth-order valence-corrected chi connectivity index (χ4v) is 1.90. The normalized spacial score (nSPS) is 12.8. The summed E-state index contributed by atoms with van der Waals surface area (Å²) in [6, 6.07) is 1.62. The third-order valence-corrected chi connectivity index (χ3v) is 2.72. The number of methoxy groups -OCH3 is 1. The fraction of sp³-hybridized carbons (Fsp3) is 0.182. The number of anilines is 1. The highest BCUT2D eigenvalue weighted by Crippen LogP contribution is 2.46. The van der Waals surface area contributed by atoms with E-state index in [0.717, 1.165) is 0 Å². The highest BCUT2D eigenvalue weighted by atomic mass is 19.1. The van der Waals surface area contributed by atoms with Gasteiger partial charge in [-0.1, -0.05) is 0 Å². The Hall–Kier alpha value is -2.44. The first kappa shape index (κ1) is 10.7. The van der Waals surface area contributed by atoms with Crippen molar-refractivity contribution in [3.05, 3.63) is 18.1 Å². The Kier molecular flexibility index (Phi) is 2.26. The molecule has 0 bridgehead atoms. The van der Waals surface area contributed by atoms with Crippen LogP contribution in [0.5, 0.6) is 17.2 Å². The minimum absolute atomic E-state index is 0.0142. The van der Waals surface area contributed by atoms with Crippen molar-refractivity contribution in [1.82, 2.24) is 10.2 Å². The summed E-state index contributed by atoms with van der Waals surface area (Å²) < 4.78 is 29.4. The van der Waals surface area contributed by atoms with Gasteiger partial charge in [0.25, 0.3) is 0 Å². The summed E-state index contributed by atoms with van der Waals surface area (Å²) in [5, 5.41) is 6.38. The monoisotopic (exact) mass is 251 g/mol. The van der Waals surface area contributed by atoms with Crippen LogP contribution < -0.4 is 19.9 Å². The molecule has 6 nitrogen and oxygen atoms in total. The summed E-state index contributed by atoms with van der Waals surface area (Å²) >= 11 is 0. The van der Waals surface area contributed by atoms with E-state index in [1.807, 2.05) is 0 Å². The minimum atomic E-state index is -0.608. The van der Waals surface area contributed by atoms with Gasteiger partial charge in [-0.05, 0) is 6.07 Å². The second-order valence-electron chi connectivity index (χ2n) is 3.70. The molecule has 0 unspecified atom stereocenters. The van der Waals surface area contributed by atoms with Crippen molar-refractivity contribution >= 4 is 5.82 Å². The molecule has 2 heterocycles. The van der Waals surface area contributed by atoms with Crippen molar-refractivity contribution in [1.29, 1.82) is 0 Å². The van der Waals surface area contributed by atoms with Gasteiger partial charge in [0.2, 0.25) is 18.4 Å². The number of aromatic amines is 1. The number of aromatic nitrogens is 2. The van der Waals surface area contributed by atoms with Crippen LogP contribution in [0.2, 0.25) is 0 Å². The number of nitrogens with two attached hydrogens (primary N) is 1. The van der Waals surface area contributed by atoms with Crippen molar-refractivity contribution < 1.29 is 18.6 Å². The lowest BCUT2D eigenvalue weighted by molar-refractivity contribution is 0.170. The molecule has 1 aliphatic rings. The topological polar surface area (TPSA) is 82.4 Å². The Morgan fingerprint density at radius 1 is 1.44 bits per heavy atom. The van der Waals surface area contributed by atoms with Crippen molar-refractivity contribution in [2.24, 2.45) is 0 Å². The summed E-state index contributed by atoms with van der Waals surface area (Å²) in [6.07, 6.45) is 1.49. The van der Waals surface area contributed by atoms with Gasteiger partial charge in [-0.3, -0.25) is 5.10 Å². The summed E-state index contributed by atoms with van der Waals surface area (Å²) in [5.74, 6) is 0.142. The van der Waals surface area contributed by atoms with Gasteiger partial charge in [0.1, 0.15) is 5.82 Å². The molecule has 1 aromatic carbocycles. The number of nitrogens with zero attached hydrogens (tertiary/aromatic N) is 1. The number of H-pyrrole nitrogens is 1. The number of hydrogen-bond acceptors (Lipinski definition) is 5. The molecule has 1 aliphatic heterocycles. The van der Waals surface area contributed by atoms with Gasteiger partial charge in [0.05, 0.1) is 13.3 Å². The number of rotatable bonds is 2. The van der Waals surface area contributed by atoms with E-state index < -0.39 is 5.82 Å². The molecule has 0 radical (unpaired) electrons. The standard InChI is InChI=1S/C11H10FN3O3/c1-16-9-5(6-3-14-15-11(6)13)2-7-10(8(9)12)18-4-17-7/h2-3H,4H2,1H3,(H3,13,14,15). The number of fused-ring (bicyclic) bond motifs is 1. The van der Waals surface area contributed by atoms with Gasteiger partial charge in [-0.25, -0.2) is 0 Å². The Labute approximate surface area is 101 Å². The molecule has 3 rings (SSSR count). The SMILES string of the molecule is COc1c(-c2cn[nH]c2N)cc2c(c1F)OCO2. The van der Waals surface area contributed by atoms with E-state index in [1.54, 1.807) is 6.07 Å². The Morgan fingerprint density at radius 3 is 2.94 bits per heavy atom. The number of nitrogens with one attached hydrogen (secondary N) is 1. The first-order valence-corrected chi connectivity index (χ1v) is 5.17. The number of benzene rings is 1. The molecule has 0 aliphatic carbocycles. The quantitative estimate of drug-likeness (QED) is 0.845. The molecule has 2 aromatic rings. The van der Waals surface area contributed by atoms with E-state index in [9.17, 15) is 4.39 Å². The number of halogens is 1. The van der Waals surface area contributed by atoms with E-state index >= 15 is 0 Å². The van der Waals surface area contributed by atoms with Crippen LogP contribution in [0.4, 0.5) is 10.2 Å². The van der Waals surface area contributed by atoms with Crippen LogP contribution in [0.25, 0.3) is 11.1 Å². The summed E-state index contributed by atoms with van der Waals surface area (Å²) in [4.78, 5) is 0. The molecular weight excluding hydrogens is 241 g/mol. The van der Waals surface area contributed by atoms with Crippen LogP contribution in [-0.2, 0) is 0 Å². The molecule has 0 atom stereocenters. The van der Waals surface area contributed by atoms with Gasteiger partial charge in [0.15, 0.2) is 11.5 Å². The average Bonchev–Trinajstić information content (AvgIpc) is 2.97.